The molecule has 0 aliphatic heterocycles. The van der Waals surface area contributed by atoms with E-state index in [0.717, 1.165) is 4.68 Å². The summed E-state index contributed by atoms with van der Waals surface area (Å²) in [6.45, 7) is 4.79. The van der Waals surface area contributed by atoms with Gasteiger partial charge in [-0.25, -0.2) is 4.79 Å². The SMILES string of the molecule is Cn1nc(C(=O)OC(C)(C)C)c(B(O)O)c1C(O)(O)O. The fraction of sp³-hybridized carbons (Fsp3) is 0.600. The van der Waals surface area contributed by atoms with Crippen LogP contribution in [0.1, 0.15) is 37.0 Å². The second-order valence-corrected chi connectivity index (χ2v) is 5.25. The highest BCUT2D eigenvalue weighted by Gasteiger charge is 2.40. The van der Waals surface area contributed by atoms with Crippen LogP contribution < -0.4 is 5.46 Å². The third-order valence-corrected chi connectivity index (χ3v) is 2.25. The minimum Gasteiger partial charge on any atom is -0.455 e. The van der Waals surface area contributed by atoms with Gasteiger partial charge in [0.1, 0.15) is 11.3 Å². The van der Waals surface area contributed by atoms with E-state index in [1.54, 1.807) is 20.8 Å². The molecule has 0 unspecified atom stereocenters. The van der Waals surface area contributed by atoms with Crippen molar-refractivity contribution in [2.24, 2.45) is 7.05 Å². The van der Waals surface area contributed by atoms with Gasteiger partial charge < -0.3 is 30.1 Å². The zero-order valence-electron chi connectivity index (χ0n) is 11.5. The first-order valence-corrected chi connectivity index (χ1v) is 5.68. The van der Waals surface area contributed by atoms with Gasteiger partial charge in [0, 0.05) is 12.5 Å². The number of aryl methyl sites for hydroxylation is 1. The van der Waals surface area contributed by atoms with Crippen molar-refractivity contribution in [2.75, 3.05) is 0 Å². The molecule has 0 saturated heterocycles. The van der Waals surface area contributed by atoms with Crippen molar-refractivity contribution in [1.82, 2.24) is 9.78 Å². The van der Waals surface area contributed by atoms with Gasteiger partial charge in [0.25, 0.3) is 0 Å². The van der Waals surface area contributed by atoms with Crippen molar-refractivity contribution in [3.05, 3.63) is 11.4 Å². The minimum atomic E-state index is -3.39. The molecule has 0 fully saturated rings. The van der Waals surface area contributed by atoms with Gasteiger partial charge in [-0.15, -0.1) is 0 Å². The van der Waals surface area contributed by atoms with Crippen LogP contribution in [0.2, 0.25) is 0 Å². The number of esters is 1. The van der Waals surface area contributed by atoms with E-state index in [2.05, 4.69) is 5.10 Å². The Hall–Kier alpha value is -1.46. The van der Waals surface area contributed by atoms with Crippen LogP contribution >= 0.6 is 0 Å². The van der Waals surface area contributed by atoms with Gasteiger partial charge in [-0.2, -0.15) is 5.10 Å². The largest absolute Gasteiger partial charge is 0.493 e. The van der Waals surface area contributed by atoms with Crippen LogP contribution in [0.25, 0.3) is 0 Å². The first-order valence-electron chi connectivity index (χ1n) is 5.68. The van der Waals surface area contributed by atoms with Crippen molar-refractivity contribution in [3.8, 4) is 0 Å². The molecule has 0 aliphatic rings. The molecule has 0 bridgehead atoms. The summed E-state index contributed by atoms with van der Waals surface area (Å²) in [6, 6.07) is 0. The van der Waals surface area contributed by atoms with Gasteiger partial charge in [-0.1, -0.05) is 0 Å². The molecule has 1 rings (SSSR count). The second kappa shape index (κ2) is 5.15. The normalized spacial score (nSPS) is 12.4. The van der Waals surface area contributed by atoms with Crippen LogP contribution in [0.5, 0.6) is 0 Å². The summed E-state index contributed by atoms with van der Waals surface area (Å²) >= 11 is 0. The summed E-state index contributed by atoms with van der Waals surface area (Å²) < 4.78 is 5.76. The number of hydrogen-bond acceptors (Lipinski definition) is 8. The molecule has 1 aromatic rings. The number of carbonyl (C=O) groups is 1. The molecule has 1 heterocycles. The van der Waals surface area contributed by atoms with E-state index in [-0.39, 0.29) is 0 Å². The summed E-state index contributed by atoms with van der Waals surface area (Å²) in [5, 5.41) is 49.8. The quantitative estimate of drug-likeness (QED) is 0.227. The molecule has 0 spiro atoms. The Kier molecular flexibility index (Phi) is 4.27. The number of aliphatic hydroxyl groups is 3. The Labute approximate surface area is 115 Å². The van der Waals surface area contributed by atoms with Gasteiger partial charge in [-0.3, -0.25) is 4.68 Å². The Balaban J connectivity index is 3.39. The van der Waals surface area contributed by atoms with E-state index in [1.807, 2.05) is 0 Å². The van der Waals surface area contributed by atoms with Crippen LogP contribution in [0.15, 0.2) is 0 Å². The molecule has 0 radical (unpaired) electrons. The lowest BCUT2D eigenvalue weighted by Crippen LogP contribution is -2.43. The molecule has 1 aromatic heterocycles. The van der Waals surface area contributed by atoms with E-state index in [9.17, 15) is 30.2 Å². The number of nitrogens with zero attached hydrogens (tertiary/aromatic N) is 2. The third kappa shape index (κ3) is 3.55. The van der Waals surface area contributed by atoms with E-state index in [4.69, 9.17) is 4.74 Å². The highest BCUT2D eigenvalue weighted by Crippen LogP contribution is 2.16. The molecular weight excluding hydrogens is 271 g/mol. The standard InChI is InChI=1S/C10H17BN2O7/c1-9(2,3)20-8(14)6-5(11(18)19)7(10(15,16)17)13(4)12-6/h15-19H,1-4H3. The minimum absolute atomic E-state index is 0.533. The average Bonchev–Trinajstić information content (AvgIpc) is 2.52. The van der Waals surface area contributed by atoms with Crippen molar-refractivity contribution in [1.29, 1.82) is 0 Å². The topological polar surface area (TPSA) is 145 Å². The van der Waals surface area contributed by atoms with Gasteiger partial charge in [0.05, 0.1) is 0 Å². The van der Waals surface area contributed by atoms with E-state index < -0.39 is 41.5 Å². The maximum absolute atomic E-state index is 11.9. The first kappa shape index (κ1) is 16.6. The lowest BCUT2D eigenvalue weighted by atomic mass is 9.77. The van der Waals surface area contributed by atoms with Gasteiger partial charge in [0.2, 0.25) is 0 Å². The van der Waals surface area contributed by atoms with E-state index in [1.165, 1.54) is 7.05 Å². The maximum Gasteiger partial charge on any atom is 0.493 e. The van der Waals surface area contributed by atoms with Crippen molar-refractivity contribution in [3.63, 3.8) is 0 Å². The van der Waals surface area contributed by atoms with Crippen molar-refractivity contribution < 1.29 is 34.9 Å². The van der Waals surface area contributed by atoms with Gasteiger partial charge in [-0.05, 0) is 20.8 Å². The molecule has 5 N–H and O–H groups in total. The number of carbonyl (C=O) groups excluding carboxylic acids is 1. The zero-order valence-corrected chi connectivity index (χ0v) is 11.5. The lowest BCUT2D eigenvalue weighted by molar-refractivity contribution is -0.327. The van der Waals surface area contributed by atoms with E-state index >= 15 is 0 Å². The number of rotatable bonds is 3. The van der Waals surface area contributed by atoms with Crippen LogP contribution in [-0.2, 0) is 17.8 Å². The molecular formula is C10H17BN2O7. The Morgan fingerprint density at radius 1 is 1.25 bits per heavy atom. The lowest BCUT2D eigenvalue weighted by Gasteiger charge is -2.19. The summed E-state index contributed by atoms with van der Waals surface area (Å²) in [7, 11) is -1.07. The summed E-state index contributed by atoms with van der Waals surface area (Å²) in [5.41, 5.74) is -2.78. The highest BCUT2D eigenvalue weighted by molar-refractivity contribution is 6.60. The van der Waals surface area contributed by atoms with Crippen LogP contribution in [0.3, 0.4) is 0 Å². The average molecular weight is 288 g/mol. The van der Waals surface area contributed by atoms with Gasteiger partial charge in [0.15, 0.2) is 5.69 Å². The molecule has 0 saturated carbocycles. The molecule has 0 aliphatic carbocycles. The molecule has 10 heteroatoms. The monoisotopic (exact) mass is 288 g/mol. The number of hydrogen-bond donors (Lipinski definition) is 5. The number of ether oxygens (including phenoxy) is 1. The smallest absolute Gasteiger partial charge is 0.455 e. The van der Waals surface area contributed by atoms with Crippen LogP contribution in [0.4, 0.5) is 0 Å². The molecule has 0 atom stereocenters. The molecule has 0 aromatic carbocycles. The summed E-state index contributed by atoms with van der Waals surface area (Å²) in [6.07, 6.45) is 0. The number of aromatic nitrogens is 2. The second-order valence-electron chi connectivity index (χ2n) is 5.25. The maximum atomic E-state index is 11.9. The Morgan fingerprint density at radius 2 is 1.75 bits per heavy atom. The fourth-order valence-electron chi connectivity index (χ4n) is 1.66. The van der Waals surface area contributed by atoms with Crippen LogP contribution in [0, 0.1) is 0 Å². The zero-order chi connectivity index (χ0) is 15.9. The Bertz CT molecular complexity index is 513. The van der Waals surface area contributed by atoms with Gasteiger partial charge >= 0.3 is 19.1 Å². The molecule has 0 amide bonds. The van der Waals surface area contributed by atoms with E-state index in [0.29, 0.717) is 0 Å². The van der Waals surface area contributed by atoms with Crippen molar-refractivity contribution in [2.45, 2.75) is 32.3 Å². The van der Waals surface area contributed by atoms with Crippen LogP contribution in [-0.4, -0.2) is 53.8 Å². The Morgan fingerprint density at radius 3 is 2.10 bits per heavy atom. The predicted molar refractivity (Wildman–Crippen MR) is 66.5 cm³/mol. The molecule has 112 valence electrons. The first-order chi connectivity index (χ1) is 8.84. The predicted octanol–water partition coefficient (Wildman–Crippen LogP) is -2.86. The molecule has 9 nitrogen and oxygen atoms in total. The fourth-order valence-corrected chi connectivity index (χ4v) is 1.66. The van der Waals surface area contributed by atoms with Crippen molar-refractivity contribution >= 4 is 18.6 Å². The highest BCUT2D eigenvalue weighted by atomic mass is 16.7. The summed E-state index contributed by atoms with van der Waals surface area (Å²) in [4.78, 5) is 11.9. The third-order valence-electron chi connectivity index (χ3n) is 2.25. The summed E-state index contributed by atoms with van der Waals surface area (Å²) in [5.74, 6) is -4.38. The molecule has 20 heavy (non-hydrogen) atoms.